The summed E-state index contributed by atoms with van der Waals surface area (Å²) in [7, 11) is 0. The number of H-pyrrole nitrogens is 1. The Bertz CT molecular complexity index is 640. The molecule has 0 amide bonds. The Kier molecular flexibility index (Phi) is 2.67. The quantitative estimate of drug-likeness (QED) is 0.893. The second-order valence-corrected chi connectivity index (χ2v) is 5.10. The first-order valence-electron chi connectivity index (χ1n) is 5.98. The Labute approximate surface area is 109 Å². The summed E-state index contributed by atoms with van der Waals surface area (Å²) >= 11 is 6.09. The molecule has 0 unspecified atom stereocenters. The first kappa shape index (κ1) is 11.4. The average Bonchev–Trinajstić information content (AvgIpc) is 3.15. The molecule has 94 valence electrons. The highest BCUT2D eigenvalue weighted by molar-refractivity contribution is 6.31. The van der Waals surface area contributed by atoms with E-state index in [2.05, 4.69) is 5.10 Å². The van der Waals surface area contributed by atoms with Crippen molar-refractivity contribution in [2.24, 2.45) is 0 Å². The van der Waals surface area contributed by atoms with E-state index in [0.717, 1.165) is 24.1 Å². The zero-order valence-electron chi connectivity index (χ0n) is 9.82. The number of nitrogen functional groups attached to an aromatic ring is 1. The fourth-order valence-electron chi connectivity index (χ4n) is 2.11. The molecule has 1 aliphatic carbocycles. The van der Waals surface area contributed by atoms with Gasteiger partial charge in [0.1, 0.15) is 5.69 Å². The molecule has 5 heteroatoms. The fourth-order valence-corrected chi connectivity index (χ4v) is 2.30. The molecule has 1 aliphatic rings. The molecule has 1 saturated carbocycles. The van der Waals surface area contributed by atoms with Gasteiger partial charge in [0.05, 0.1) is 12.2 Å². The van der Waals surface area contributed by atoms with E-state index in [1.807, 2.05) is 24.3 Å². The molecule has 3 N–H and O–H groups in total. The van der Waals surface area contributed by atoms with E-state index < -0.39 is 0 Å². The monoisotopic (exact) mass is 263 g/mol. The van der Waals surface area contributed by atoms with Gasteiger partial charge in [0.25, 0.3) is 5.56 Å². The molecule has 1 heterocycles. The van der Waals surface area contributed by atoms with Crippen molar-refractivity contribution in [1.29, 1.82) is 0 Å². The van der Waals surface area contributed by atoms with Gasteiger partial charge in [0, 0.05) is 10.9 Å². The lowest BCUT2D eigenvalue weighted by atomic mass is 10.2. The minimum absolute atomic E-state index is 0.156. The van der Waals surface area contributed by atoms with Gasteiger partial charge in [-0.2, -0.15) is 0 Å². The summed E-state index contributed by atoms with van der Waals surface area (Å²) in [5.41, 5.74) is 7.82. The van der Waals surface area contributed by atoms with Gasteiger partial charge in [-0.1, -0.05) is 29.8 Å². The number of nitrogens with one attached hydrogen (secondary N) is 1. The molecule has 1 aromatic heterocycles. The van der Waals surface area contributed by atoms with Gasteiger partial charge in [0.2, 0.25) is 0 Å². The average molecular weight is 264 g/mol. The Morgan fingerprint density at radius 3 is 2.78 bits per heavy atom. The van der Waals surface area contributed by atoms with Crippen LogP contribution >= 0.6 is 11.6 Å². The predicted molar refractivity (Wildman–Crippen MR) is 72.0 cm³/mol. The lowest BCUT2D eigenvalue weighted by Gasteiger charge is -2.04. The highest BCUT2D eigenvalue weighted by Crippen LogP contribution is 2.40. The molecule has 18 heavy (non-hydrogen) atoms. The van der Waals surface area contributed by atoms with Crippen molar-refractivity contribution in [3.63, 3.8) is 0 Å². The van der Waals surface area contributed by atoms with Crippen molar-refractivity contribution in [3.05, 3.63) is 50.9 Å². The van der Waals surface area contributed by atoms with Gasteiger partial charge in [-0.25, -0.2) is 4.68 Å². The van der Waals surface area contributed by atoms with Gasteiger partial charge < -0.3 is 5.73 Å². The van der Waals surface area contributed by atoms with Crippen LogP contribution in [0.4, 0.5) is 5.69 Å². The highest BCUT2D eigenvalue weighted by Gasteiger charge is 2.29. The van der Waals surface area contributed by atoms with Crippen LogP contribution in [0, 0.1) is 0 Å². The van der Waals surface area contributed by atoms with Crippen LogP contribution in [0.5, 0.6) is 0 Å². The lowest BCUT2D eigenvalue weighted by Crippen LogP contribution is -2.19. The number of nitrogens with zero attached hydrogens (tertiary/aromatic N) is 1. The first-order chi connectivity index (χ1) is 8.66. The summed E-state index contributed by atoms with van der Waals surface area (Å²) in [5.74, 6) is 0.435. The smallest absolute Gasteiger partial charge is 0.290 e. The van der Waals surface area contributed by atoms with Gasteiger partial charge >= 0.3 is 0 Å². The third-order valence-corrected chi connectivity index (χ3v) is 3.66. The van der Waals surface area contributed by atoms with Crippen molar-refractivity contribution in [1.82, 2.24) is 9.78 Å². The number of aromatic nitrogens is 2. The summed E-state index contributed by atoms with van der Waals surface area (Å²) in [5, 5.41) is 3.77. The zero-order valence-corrected chi connectivity index (χ0v) is 10.6. The van der Waals surface area contributed by atoms with E-state index in [4.69, 9.17) is 17.3 Å². The predicted octanol–water partition coefficient (Wildman–Crippen LogP) is 2.34. The molecular weight excluding hydrogens is 250 g/mol. The van der Waals surface area contributed by atoms with Gasteiger partial charge in [0.15, 0.2) is 0 Å². The summed E-state index contributed by atoms with van der Waals surface area (Å²) in [6.07, 6.45) is 2.21. The summed E-state index contributed by atoms with van der Waals surface area (Å²) in [6, 6.07) is 7.49. The third kappa shape index (κ3) is 1.93. The van der Waals surface area contributed by atoms with Crippen LogP contribution in [0.15, 0.2) is 29.1 Å². The number of hydrogen-bond acceptors (Lipinski definition) is 2. The number of hydrogen-bond donors (Lipinski definition) is 2. The summed E-state index contributed by atoms with van der Waals surface area (Å²) < 4.78 is 1.53. The van der Waals surface area contributed by atoms with Gasteiger partial charge in [-0.3, -0.25) is 9.89 Å². The Morgan fingerprint density at radius 1 is 1.39 bits per heavy atom. The number of anilines is 1. The molecule has 0 aliphatic heterocycles. The molecule has 1 fully saturated rings. The van der Waals surface area contributed by atoms with Crippen LogP contribution in [-0.2, 0) is 6.54 Å². The molecule has 1 aromatic carbocycles. The maximum absolute atomic E-state index is 12.0. The van der Waals surface area contributed by atoms with Crippen LogP contribution in [0.3, 0.4) is 0 Å². The fraction of sp³-hybridized carbons (Fsp3) is 0.308. The largest absolute Gasteiger partial charge is 0.393 e. The van der Waals surface area contributed by atoms with Crippen LogP contribution in [0.2, 0.25) is 5.02 Å². The number of nitrogens with two attached hydrogens (primary N) is 1. The van der Waals surface area contributed by atoms with Gasteiger partial charge in [-0.15, -0.1) is 0 Å². The molecule has 0 spiro atoms. The number of aromatic amines is 1. The van der Waals surface area contributed by atoms with Crippen molar-refractivity contribution >= 4 is 17.3 Å². The molecule has 2 aromatic rings. The van der Waals surface area contributed by atoms with Gasteiger partial charge in [-0.05, 0) is 24.5 Å². The summed E-state index contributed by atoms with van der Waals surface area (Å²) in [4.78, 5) is 12.0. The van der Waals surface area contributed by atoms with Crippen molar-refractivity contribution < 1.29 is 0 Å². The van der Waals surface area contributed by atoms with Crippen molar-refractivity contribution in [2.45, 2.75) is 25.3 Å². The third-order valence-electron chi connectivity index (χ3n) is 3.29. The number of benzene rings is 1. The van der Waals surface area contributed by atoms with Crippen molar-refractivity contribution in [3.8, 4) is 0 Å². The number of halogens is 1. The minimum atomic E-state index is -0.156. The number of rotatable bonds is 3. The maximum atomic E-state index is 12.0. The Balaban J connectivity index is 1.96. The van der Waals surface area contributed by atoms with E-state index in [1.165, 1.54) is 4.68 Å². The first-order valence-corrected chi connectivity index (χ1v) is 6.36. The van der Waals surface area contributed by atoms with Crippen LogP contribution in [-0.4, -0.2) is 9.78 Å². The summed E-state index contributed by atoms with van der Waals surface area (Å²) in [6.45, 7) is 0.426. The Hall–Kier alpha value is -1.68. The van der Waals surface area contributed by atoms with E-state index in [0.29, 0.717) is 23.2 Å². The standard InChI is InChI=1S/C13H14ClN3O/c14-10-4-2-1-3-9(10)7-17-13(18)11(15)12(16-17)8-5-6-8/h1-4,8,16H,5-7,15H2. The second kappa shape index (κ2) is 4.21. The molecule has 4 nitrogen and oxygen atoms in total. The lowest BCUT2D eigenvalue weighted by molar-refractivity contribution is 0.652. The minimum Gasteiger partial charge on any atom is -0.393 e. The normalized spacial score (nSPS) is 14.9. The van der Waals surface area contributed by atoms with Crippen molar-refractivity contribution in [2.75, 3.05) is 5.73 Å². The van der Waals surface area contributed by atoms with E-state index in [-0.39, 0.29) is 5.56 Å². The molecule has 0 atom stereocenters. The molecule has 0 bridgehead atoms. The molecule has 0 saturated heterocycles. The Morgan fingerprint density at radius 2 is 2.11 bits per heavy atom. The van der Waals surface area contributed by atoms with Crippen LogP contribution in [0.1, 0.15) is 30.0 Å². The second-order valence-electron chi connectivity index (χ2n) is 4.70. The molecule has 3 rings (SSSR count). The molecule has 0 radical (unpaired) electrons. The van der Waals surface area contributed by atoms with E-state index >= 15 is 0 Å². The topological polar surface area (TPSA) is 63.8 Å². The molecular formula is C13H14ClN3O. The van der Waals surface area contributed by atoms with Crippen LogP contribution < -0.4 is 11.3 Å². The maximum Gasteiger partial charge on any atom is 0.290 e. The van der Waals surface area contributed by atoms with Crippen LogP contribution in [0.25, 0.3) is 0 Å². The highest BCUT2D eigenvalue weighted by atomic mass is 35.5. The zero-order chi connectivity index (χ0) is 12.7. The van der Waals surface area contributed by atoms with E-state index in [1.54, 1.807) is 0 Å². The SMILES string of the molecule is Nc1c(C2CC2)[nH]n(Cc2ccccc2Cl)c1=O. The van der Waals surface area contributed by atoms with E-state index in [9.17, 15) is 4.79 Å².